The number of thioether (sulfide) groups is 1. The van der Waals surface area contributed by atoms with E-state index in [1.54, 1.807) is 31.2 Å². The van der Waals surface area contributed by atoms with Crippen molar-refractivity contribution in [1.29, 1.82) is 0 Å². The Morgan fingerprint density at radius 2 is 1.85 bits per heavy atom. The Labute approximate surface area is 151 Å². The number of carbonyl (C=O) groups excluding carboxylic acids is 2. The van der Waals surface area contributed by atoms with Crippen LogP contribution in [0, 0.1) is 0 Å². The molecule has 26 heavy (non-hydrogen) atoms. The van der Waals surface area contributed by atoms with Crippen molar-refractivity contribution in [3.05, 3.63) is 59.7 Å². The number of hydrogen-bond donors (Lipinski definition) is 1. The zero-order valence-corrected chi connectivity index (χ0v) is 14.3. The van der Waals surface area contributed by atoms with Crippen molar-refractivity contribution >= 4 is 35.0 Å². The fourth-order valence-corrected chi connectivity index (χ4v) is 4.86. The number of benzene rings is 2. The van der Waals surface area contributed by atoms with E-state index in [4.69, 9.17) is 0 Å². The molecule has 1 N–H and O–H groups in total. The van der Waals surface area contributed by atoms with E-state index in [1.165, 1.54) is 17.0 Å². The highest BCUT2D eigenvalue weighted by molar-refractivity contribution is 8.03. The minimum atomic E-state index is -4.54. The fourth-order valence-electron chi connectivity index (χ4n) is 3.38. The van der Waals surface area contributed by atoms with Crippen molar-refractivity contribution in [1.82, 2.24) is 0 Å². The summed E-state index contributed by atoms with van der Waals surface area (Å²) in [4.78, 5) is 25.5. The number of fused-ring (bicyclic) bond motifs is 2. The van der Waals surface area contributed by atoms with Crippen molar-refractivity contribution in [3.8, 4) is 0 Å². The van der Waals surface area contributed by atoms with Gasteiger partial charge in [0.1, 0.15) is 0 Å². The number of anilines is 2. The van der Waals surface area contributed by atoms with Crippen LogP contribution in [0.1, 0.15) is 18.1 Å². The van der Waals surface area contributed by atoms with Crippen LogP contribution in [-0.4, -0.2) is 17.1 Å². The van der Waals surface area contributed by atoms with Gasteiger partial charge in [-0.2, -0.15) is 13.2 Å². The molecule has 0 radical (unpaired) electrons. The molecule has 2 aromatic rings. The maximum absolute atomic E-state index is 13.1. The van der Waals surface area contributed by atoms with Gasteiger partial charge in [-0.3, -0.25) is 14.5 Å². The maximum atomic E-state index is 13.1. The van der Waals surface area contributed by atoms with Gasteiger partial charge in [0.05, 0.1) is 10.8 Å². The van der Waals surface area contributed by atoms with Crippen LogP contribution in [-0.2, 0) is 20.6 Å². The smallest absolute Gasteiger partial charge is 0.323 e. The first-order valence-corrected chi connectivity index (χ1v) is 8.73. The SMILES string of the molecule is C[C@H]1S[C@]2(C(=O)Nc3ccccc32)N(c2cccc(C(F)(F)F)c2)C1=O. The molecule has 1 spiro atoms. The Bertz CT molecular complexity index is 931. The largest absolute Gasteiger partial charge is 0.416 e. The molecule has 134 valence electrons. The highest BCUT2D eigenvalue weighted by Gasteiger charge is 2.60. The van der Waals surface area contributed by atoms with Gasteiger partial charge in [0.25, 0.3) is 5.91 Å². The van der Waals surface area contributed by atoms with Crippen LogP contribution >= 0.6 is 11.8 Å². The van der Waals surface area contributed by atoms with Gasteiger partial charge in [-0.05, 0) is 31.2 Å². The molecule has 2 atom stereocenters. The van der Waals surface area contributed by atoms with E-state index >= 15 is 0 Å². The number of para-hydroxylation sites is 1. The van der Waals surface area contributed by atoms with Gasteiger partial charge < -0.3 is 5.32 Å². The Balaban J connectivity index is 1.92. The summed E-state index contributed by atoms with van der Waals surface area (Å²) in [6.07, 6.45) is -4.54. The molecule has 2 aliphatic rings. The van der Waals surface area contributed by atoms with Gasteiger partial charge in [0, 0.05) is 16.9 Å². The predicted octanol–water partition coefficient (Wildman–Crippen LogP) is 3.98. The van der Waals surface area contributed by atoms with Crippen molar-refractivity contribution in [2.45, 2.75) is 23.2 Å². The molecule has 2 aliphatic heterocycles. The first-order valence-electron chi connectivity index (χ1n) is 7.85. The summed E-state index contributed by atoms with van der Waals surface area (Å²) in [5.41, 5.74) is 0.316. The molecule has 0 unspecified atom stereocenters. The minimum absolute atomic E-state index is 0.0496. The molecule has 1 saturated heterocycles. The lowest BCUT2D eigenvalue weighted by atomic mass is 10.0. The summed E-state index contributed by atoms with van der Waals surface area (Å²) in [5.74, 6) is -0.833. The zero-order chi connectivity index (χ0) is 18.7. The number of alkyl halides is 3. The molecule has 8 heteroatoms. The van der Waals surface area contributed by atoms with Crippen LogP contribution in [0.3, 0.4) is 0 Å². The summed E-state index contributed by atoms with van der Waals surface area (Å²) < 4.78 is 39.4. The molecule has 2 aromatic carbocycles. The predicted molar refractivity (Wildman–Crippen MR) is 92.7 cm³/mol. The molecular weight excluding hydrogens is 365 g/mol. The van der Waals surface area contributed by atoms with Crippen LogP contribution < -0.4 is 10.2 Å². The lowest BCUT2D eigenvalue weighted by molar-refractivity contribution is -0.137. The lowest BCUT2D eigenvalue weighted by Crippen LogP contribution is -2.47. The number of rotatable bonds is 1. The molecule has 0 aromatic heterocycles. The number of halogens is 3. The van der Waals surface area contributed by atoms with Crippen LogP contribution in [0.5, 0.6) is 0 Å². The van der Waals surface area contributed by atoms with E-state index < -0.39 is 33.7 Å². The zero-order valence-electron chi connectivity index (χ0n) is 13.5. The molecule has 0 bridgehead atoms. The molecule has 1 fully saturated rings. The molecule has 2 amide bonds. The topological polar surface area (TPSA) is 49.4 Å². The average molecular weight is 378 g/mol. The number of amides is 2. The van der Waals surface area contributed by atoms with E-state index in [-0.39, 0.29) is 5.69 Å². The summed E-state index contributed by atoms with van der Waals surface area (Å²) in [6.45, 7) is 1.65. The van der Waals surface area contributed by atoms with E-state index in [0.29, 0.717) is 11.3 Å². The van der Waals surface area contributed by atoms with E-state index in [2.05, 4.69) is 5.32 Å². The third kappa shape index (κ3) is 2.25. The quantitative estimate of drug-likeness (QED) is 0.817. The number of carbonyl (C=O) groups is 2. The van der Waals surface area contributed by atoms with Crippen molar-refractivity contribution in [2.75, 3.05) is 10.2 Å². The normalized spacial score (nSPS) is 24.9. The monoisotopic (exact) mass is 378 g/mol. The van der Waals surface area contributed by atoms with Gasteiger partial charge in [0.15, 0.2) is 0 Å². The van der Waals surface area contributed by atoms with Gasteiger partial charge in [-0.15, -0.1) is 11.8 Å². The van der Waals surface area contributed by atoms with Crippen LogP contribution in [0.4, 0.5) is 24.5 Å². The highest BCUT2D eigenvalue weighted by Crippen LogP contribution is 2.56. The van der Waals surface area contributed by atoms with Crippen LogP contribution in [0.15, 0.2) is 48.5 Å². The third-order valence-corrected chi connectivity index (χ3v) is 5.99. The van der Waals surface area contributed by atoms with Crippen LogP contribution in [0.25, 0.3) is 0 Å². The van der Waals surface area contributed by atoms with Crippen molar-refractivity contribution < 1.29 is 22.8 Å². The second-order valence-electron chi connectivity index (χ2n) is 6.13. The number of nitrogens with zero attached hydrogens (tertiary/aromatic N) is 1. The third-order valence-electron chi connectivity index (χ3n) is 4.51. The van der Waals surface area contributed by atoms with Crippen LogP contribution in [0.2, 0.25) is 0 Å². The minimum Gasteiger partial charge on any atom is -0.323 e. The first kappa shape index (κ1) is 17.0. The Kier molecular flexibility index (Phi) is 3.59. The molecule has 4 nitrogen and oxygen atoms in total. The molecule has 4 rings (SSSR count). The number of nitrogens with one attached hydrogen (secondary N) is 1. The molecule has 0 saturated carbocycles. The second kappa shape index (κ2) is 5.51. The van der Waals surface area contributed by atoms with Gasteiger partial charge in [0.2, 0.25) is 10.8 Å². The second-order valence-corrected chi connectivity index (χ2v) is 7.66. The van der Waals surface area contributed by atoms with Crippen molar-refractivity contribution in [2.24, 2.45) is 0 Å². The Hall–Kier alpha value is -2.48. The van der Waals surface area contributed by atoms with Gasteiger partial charge in [-0.1, -0.05) is 24.3 Å². The number of hydrogen-bond acceptors (Lipinski definition) is 3. The maximum Gasteiger partial charge on any atom is 0.416 e. The average Bonchev–Trinajstić information content (AvgIpc) is 3.02. The Morgan fingerprint density at radius 3 is 2.58 bits per heavy atom. The summed E-state index contributed by atoms with van der Waals surface area (Å²) in [5, 5.41) is 2.17. The van der Waals surface area contributed by atoms with E-state index in [9.17, 15) is 22.8 Å². The Morgan fingerprint density at radius 1 is 1.12 bits per heavy atom. The van der Waals surface area contributed by atoms with Gasteiger partial charge in [-0.25, -0.2) is 0 Å². The summed E-state index contributed by atoms with van der Waals surface area (Å²) in [7, 11) is 0. The lowest BCUT2D eigenvalue weighted by Gasteiger charge is -2.32. The highest BCUT2D eigenvalue weighted by atomic mass is 32.2. The molecular formula is C18H13F3N2O2S. The fraction of sp³-hybridized carbons (Fsp3) is 0.222. The molecule has 0 aliphatic carbocycles. The van der Waals surface area contributed by atoms with Gasteiger partial charge >= 0.3 is 6.18 Å². The van der Waals surface area contributed by atoms with E-state index in [1.807, 2.05) is 0 Å². The summed E-state index contributed by atoms with van der Waals surface area (Å²) in [6, 6.07) is 11.4. The summed E-state index contributed by atoms with van der Waals surface area (Å²) >= 11 is 1.13. The van der Waals surface area contributed by atoms with E-state index in [0.717, 1.165) is 23.9 Å². The standard InChI is InChI=1S/C18H13F3N2O2S/c1-10-15(24)23(12-6-4-5-11(9-12)18(19,20)21)17(26-10)13-7-2-3-8-14(13)22-16(17)25/h2-10H,1H3,(H,22,25)/t10-,17-/m1/s1. The van der Waals surface area contributed by atoms with Crippen molar-refractivity contribution in [3.63, 3.8) is 0 Å². The molecule has 2 heterocycles. The first-order chi connectivity index (χ1) is 12.2.